The van der Waals surface area contributed by atoms with E-state index in [1.807, 2.05) is 0 Å². The molecule has 2 nitrogen and oxygen atoms in total. The van der Waals surface area contributed by atoms with Gasteiger partial charge in [0, 0.05) is 18.2 Å². The molecule has 0 saturated heterocycles. The second-order valence-electron chi connectivity index (χ2n) is 4.16. The molecule has 0 radical (unpaired) electrons. The first-order chi connectivity index (χ1) is 7.20. The summed E-state index contributed by atoms with van der Waals surface area (Å²) in [6.45, 7) is 2.72. The van der Waals surface area contributed by atoms with Gasteiger partial charge in [0.25, 0.3) is 0 Å². The van der Waals surface area contributed by atoms with Crippen molar-refractivity contribution in [1.29, 1.82) is 0 Å². The summed E-state index contributed by atoms with van der Waals surface area (Å²) in [5.74, 6) is 0.630. The van der Waals surface area contributed by atoms with E-state index in [1.165, 1.54) is 31.0 Å². The average molecular weight is 209 g/mol. The van der Waals surface area contributed by atoms with Crippen LogP contribution in [0.15, 0.2) is 18.2 Å². The largest absolute Gasteiger partial charge is 0.508 e. The Hall–Kier alpha value is -1.09. The van der Waals surface area contributed by atoms with E-state index in [4.69, 9.17) is 0 Å². The minimum Gasteiger partial charge on any atom is -0.508 e. The molecule has 1 aliphatic carbocycles. The standard InChI is InChI=1S/C12H16FNO/c1-2-8-6-11(8)14-7-9-5-10(13)3-4-12(9)15/h3-5,8,11,14-15H,2,6-7H2,1H3. The van der Waals surface area contributed by atoms with E-state index in [-0.39, 0.29) is 11.6 Å². The third-order valence-corrected chi connectivity index (χ3v) is 3.04. The van der Waals surface area contributed by atoms with E-state index in [0.29, 0.717) is 18.2 Å². The Morgan fingerprint density at radius 2 is 2.33 bits per heavy atom. The smallest absolute Gasteiger partial charge is 0.123 e. The molecule has 1 aromatic carbocycles. The monoisotopic (exact) mass is 209 g/mol. The summed E-state index contributed by atoms with van der Waals surface area (Å²) in [5.41, 5.74) is 0.636. The van der Waals surface area contributed by atoms with Crippen molar-refractivity contribution in [1.82, 2.24) is 5.32 Å². The third kappa shape index (κ3) is 2.48. The van der Waals surface area contributed by atoms with E-state index < -0.39 is 0 Å². The molecule has 1 aliphatic rings. The first-order valence-corrected chi connectivity index (χ1v) is 5.41. The minimum absolute atomic E-state index is 0.164. The quantitative estimate of drug-likeness (QED) is 0.798. The highest BCUT2D eigenvalue weighted by Gasteiger charge is 2.34. The summed E-state index contributed by atoms with van der Waals surface area (Å²) in [6, 6.07) is 4.60. The van der Waals surface area contributed by atoms with E-state index in [1.54, 1.807) is 0 Å². The van der Waals surface area contributed by atoms with Crippen LogP contribution in [0.4, 0.5) is 4.39 Å². The number of nitrogens with one attached hydrogen (secondary N) is 1. The van der Waals surface area contributed by atoms with Gasteiger partial charge in [0.2, 0.25) is 0 Å². The van der Waals surface area contributed by atoms with Gasteiger partial charge in [-0.3, -0.25) is 0 Å². The second-order valence-corrected chi connectivity index (χ2v) is 4.16. The zero-order chi connectivity index (χ0) is 10.8. The number of rotatable bonds is 4. The van der Waals surface area contributed by atoms with Crippen molar-refractivity contribution in [3.05, 3.63) is 29.6 Å². The van der Waals surface area contributed by atoms with Gasteiger partial charge in [-0.1, -0.05) is 13.3 Å². The van der Waals surface area contributed by atoms with Crippen LogP contribution in [0.1, 0.15) is 25.3 Å². The van der Waals surface area contributed by atoms with Crippen molar-refractivity contribution in [2.24, 2.45) is 5.92 Å². The highest BCUT2D eigenvalue weighted by Crippen LogP contribution is 2.33. The van der Waals surface area contributed by atoms with E-state index in [9.17, 15) is 9.50 Å². The Morgan fingerprint density at radius 1 is 1.53 bits per heavy atom. The van der Waals surface area contributed by atoms with Crippen LogP contribution in [-0.4, -0.2) is 11.1 Å². The van der Waals surface area contributed by atoms with Gasteiger partial charge in [0.05, 0.1) is 0 Å². The number of benzene rings is 1. The highest BCUT2D eigenvalue weighted by atomic mass is 19.1. The maximum absolute atomic E-state index is 12.9. The molecule has 2 unspecified atom stereocenters. The fourth-order valence-corrected chi connectivity index (χ4v) is 1.89. The van der Waals surface area contributed by atoms with Crippen LogP contribution in [-0.2, 0) is 6.54 Å². The lowest BCUT2D eigenvalue weighted by molar-refractivity contribution is 0.460. The van der Waals surface area contributed by atoms with Crippen LogP contribution in [0, 0.1) is 11.7 Å². The third-order valence-electron chi connectivity index (χ3n) is 3.04. The molecule has 1 aromatic rings. The fraction of sp³-hybridized carbons (Fsp3) is 0.500. The summed E-state index contributed by atoms with van der Waals surface area (Å²) in [4.78, 5) is 0. The van der Waals surface area contributed by atoms with E-state index in [0.717, 1.165) is 5.92 Å². The average Bonchev–Trinajstić information content (AvgIpc) is 2.98. The lowest BCUT2D eigenvalue weighted by Crippen LogP contribution is -2.17. The molecule has 2 N–H and O–H groups in total. The molecule has 15 heavy (non-hydrogen) atoms. The molecule has 82 valence electrons. The van der Waals surface area contributed by atoms with Crippen LogP contribution in [0.3, 0.4) is 0 Å². The number of hydrogen-bond acceptors (Lipinski definition) is 2. The van der Waals surface area contributed by atoms with Gasteiger partial charge in [-0.2, -0.15) is 0 Å². The zero-order valence-corrected chi connectivity index (χ0v) is 8.83. The molecular formula is C12H16FNO. The zero-order valence-electron chi connectivity index (χ0n) is 8.83. The Kier molecular flexibility index (Phi) is 2.91. The van der Waals surface area contributed by atoms with Gasteiger partial charge in [-0.15, -0.1) is 0 Å². The molecule has 0 aromatic heterocycles. The summed E-state index contributed by atoms with van der Waals surface area (Å²) in [7, 11) is 0. The SMILES string of the molecule is CCC1CC1NCc1cc(F)ccc1O. The van der Waals surface area contributed by atoms with E-state index in [2.05, 4.69) is 12.2 Å². The Balaban J connectivity index is 1.91. The Bertz CT molecular complexity index is 353. The molecular weight excluding hydrogens is 193 g/mol. The number of phenolic OH excluding ortho intramolecular Hbond substituents is 1. The fourth-order valence-electron chi connectivity index (χ4n) is 1.89. The first-order valence-electron chi connectivity index (χ1n) is 5.41. The van der Waals surface area contributed by atoms with Crippen molar-refractivity contribution in [3.8, 4) is 5.75 Å². The van der Waals surface area contributed by atoms with Crippen LogP contribution in [0.5, 0.6) is 5.75 Å². The second kappa shape index (κ2) is 4.19. The van der Waals surface area contributed by atoms with Crippen LogP contribution in [0.2, 0.25) is 0 Å². The molecule has 0 bridgehead atoms. The molecule has 0 spiro atoms. The number of aromatic hydroxyl groups is 1. The van der Waals surface area contributed by atoms with Gasteiger partial charge in [-0.05, 0) is 30.5 Å². The van der Waals surface area contributed by atoms with Crippen molar-refractivity contribution < 1.29 is 9.50 Å². The Labute approximate surface area is 89.1 Å². The number of phenols is 1. The highest BCUT2D eigenvalue weighted by molar-refractivity contribution is 5.32. The van der Waals surface area contributed by atoms with Gasteiger partial charge < -0.3 is 10.4 Å². The molecule has 2 atom stereocenters. The normalized spacial score (nSPS) is 24.1. The molecule has 3 heteroatoms. The van der Waals surface area contributed by atoms with Crippen molar-refractivity contribution in [3.63, 3.8) is 0 Å². The van der Waals surface area contributed by atoms with Crippen molar-refractivity contribution >= 4 is 0 Å². The van der Waals surface area contributed by atoms with Crippen LogP contribution < -0.4 is 5.32 Å². The van der Waals surface area contributed by atoms with Crippen LogP contribution in [0.25, 0.3) is 0 Å². The predicted molar refractivity (Wildman–Crippen MR) is 57.1 cm³/mol. The topological polar surface area (TPSA) is 32.3 Å². The van der Waals surface area contributed by atoms with Gasteiger partial charge >= 0.3 is 0 Å². The summed E-state index contributed by atoms with van der Waals surface area (Å²) in [5, 5.41) is 12.8. The van der Waals surface area contributed by atoms with E-state index >= 15 is 0 Å². The summed E-state index contributed by atoms with van der Waals surface area (Å²) >= 11 is 0. The van der Waals surface area contributed by atoms with Gasteiger partial charge in [0.1, 0.15) is 11.6 Å². The molecule has 1 saturated carbocycles. The minimum atomic E-state index is -0.299. The Morgan fingerprint density at radius 3 is 3.00 bits per heavy atom. The molecule has 1 fully saturated rings. The molecule has 2 rings (SSSR count). The predicted octanol–water partition coefficient (Wildman–Crippen LogP) is 2.42. The van der Waals surface area contributed by atoms with Gasteiger partial charge in [0.15, 0.2) is 0 Å². The molecule has 0 aliphatic heterocycles. The molecule has 0 heterocycles. The summed E-state index contributed by atoms with van der Waals surface area (Å²) in [6.07, 6.45) is 2.39. The van der Waals surface area contributed by atoms with Crippen molar-refractivity contribution in [2.75, 3.05) is 0 Å². The van der Waals surface area contributed by atoms with Crippen molar-refractivity contribution in [2.45, 2.75) is 32.4 Å². The maximum Gasteiger partial charge on any atom is 0.123 e. The first kappa shape index (κ1) is 10.4. The number of halogens is 1. The lowest BCUT2D eigenvalue weighted by atomic mass is 10.2. The lowest BCUT2D eigenvalue weighted by Gasteiger charge is -2.06. The maximum atomic E-state index is 12.9. The van der Waals surface area contributed by atoms with Crippen LogP contribution >= 0.6 is 0 Å². The van der Waals surface area contributed by atoms with Gasteiger partial charge in [-0.25, -0.2) is 4.39 Å². The summed E-state index contributed by atoms with van der Waals surface area (Å²) < 4.78 is 12.9. The number of hydrogen-bond donors (Lipinski definition) is 2. The molecule has 0 amide bonds.